The van der Waals surface area contributed by atoms with E-state index in [4.69, 9.17) is 0 Å². The van der Waals surface area contributed by atoms with E-state index in [9.17, 15) is 9.59 Å². The van der Waals surface area contributed by atoms with Gasteiger partial charge in [0.1, 0.15) is 0 Å². The second-order valence-electron chi connectivity index (χ2n) is 7.16. The highest BCUT2D eigenvalue weighted by atomic mass is 16.2. The molecule has 1 saturated heterocycles. The van der Waals surface area contributed by atoms with Crippen LogP contribution in [-0.2, 0) is 0 Å². The maximum atomic E-state index is 12.6. The lowest BCUT2D eigenvalue weighted by molar-refractivity contribution is 0.0624. The topological polar surface area (TPSA) is 40.6 Å². The average molecular weight is 350 g/mol. The van der Waals surface area contributed by atoms with Gasteiger partial charge in [-0.3, -0.25) is 14.5 Å². The third-order valence-electron chi connectivity index (χ3n) is 5.12. The molecule has 0 radical (unpaired) electrons. The zero-order valence-corrected chi connectivity index (χ0v) is 15.8. The number of piperazine rings is 1. The molecule has 0 atom stereocenters. The molecule has 0 N–H and O–H groups in total. The number of carbonyl (C=O) groups is 2. The molecule has 136 valence electrons. The van der Waals surface area contributed by atoms with Crippen molar-refractivity contribution in [2.45, 2.75) is 20.8 Å². The van der Waals surface area contributed by atoms with Gasteiger partial charge in [-0.1, -0.05) is 29.8 Å². The fourth-order valence-corrected chi connectivity index (χ4v) is 3.28. The number of amides is 1. The normalized spacial score (nSPS) is 15.1. The fraction of sp³-hybridized carbons (Fsp3) is 0.364. The van der Waals surface area contributed by atoms with Crippen LogP contribution in [0.25, 0.3) is 0 Å². The highest BCUT2D eigenvalue weighted by molar-refractivity contribution is 5.98. The minimum atomic E-state index is 0.0776. The average Bonchev–Trinajstić information content (AvgIpc) is 2.64. The first-order valence-electron chi connectivity index (χ1n) is 9.13. The lowest BCUT2D eigenvalue weighted by Gasteiger charge is -2.34. The first kappa shape index (κ1) is 18.3. The Morgan fingerprint density at radius 1 is 0.846 bits per heavy atom. The molecule has 1 aliphatic heterocycles. The summed E-state index contributed by atoms with van der Waals surface area (Å²) in [4.78, 5) is 29.2. The van der Waals surface area contributed by atoms with Crippen LogP contribution in [-0.4, -0.2) is 54.2 Å². The molecule has 3 rings (SSSR count). The summed E-state index contributed by atoms with van der Waals surface area (Å²) in [5.74, 6) is 0.223. The first-order valence-corrected chi connectivity index (χ1v) is 9.13. The van der Waals surface area contributed by atoms with Gasteiger partial charge >= 0.3 is 0 Å². The minimum absolute atomic E-state index is 0.0776. The Hall–Kier alpha value is -2.46. The van der Waals surface area contributed by atoms with E-state index in [-0.39, 0.29) is 11.7 Å². The summed E-state index contributed by atoms with van der Waals surface area (Å²) < 4.78 is 0. The van der Waals surface area contributed by atoms with Crippen LogP contribution in [0.1, 0.15) is 37.4 Å². The van der Waals surface area contributed by atoms with E-state index in [1.54, 1.807) is 0 Å². The number of carbonyl (C=O) groups excluding carboxylic acids is 2. The van der Waals surface area contributed by atoms with Crippen LogP contribution >= 0.6 is 0 Å². The summed E-state index contributed by atoms with van der Waals surface area (Å²) in [5.41, 5.74) is 4.94. The Morgan fingerprint density at radius 3 is 2.23 bits per heavy atom. The molecular formula is C22H26N2O2. The Kier molecular flexibility index (Phi) is 5.52. The van der Waals surface area contributed by atoms with Crippen molar-refractivity contribution in [3.05, 3.63) is 70.3 Å². The summed E-state index contributed by atoms with van der Waals surface area (Å²) in [5, 5.41) is 0. The summed E-state index contributed by atoms with van der Waals surface area (Å²) in [6.07, 6.45) is 0. The molecule has 2 aromatic rings. The molecule has 0 saturated carbocycles. The molecule has 26 heavy (non-hydrogen) atoms. The molecule has 2 aromatic carbocycles. The van der Waals surface area contributed by atoms with Crippen molar-refractivity contribution in [3.63, 3.8) is 0 Å². The monoisotopic (exact) mass is 350 g/mol. The number of rotatable bonds is 4. The predicted molar refractivity (Wildman–Crippen MR) is 104 cm³/mol. The number of aryl methyl sites for hydroxylation is 3. The zero-order valence-electron chi connectivity index (χ0n) is 15.8. The molecule has 1 fully saturated rings. The third-order valence-corrected chi connectivity index (χ3v) is 5.12. The summed E-state index contributed by atoms with van der Waals surface area (Å²) in [6, 6.07) is 13.6. The molecule has 4 heteroatoms. The van der Waals surface area contributed by atoms with Gasteiger partial charge in [0.2, 0.25) is 0 Å². The Morgan fingerprint density at radius 2 is 1.58 bits per heavy atom. The molecule has 0 unspecified atom stereocenters. The maximum absolute atomic E-state index is 12.6. The molecule has 0 aliphatic carbocycles. The second kappa shape index (κ2) is 7.83. The standard InChI is InChI=1S/C22H26N2O2/c1-16-5-4-6-20(13-16)22(26)24-11-9-23(10-12-24)15-21(25)19-8-7-17(2)18(3)14-19/h4-8,13-14H,9-12,15H2,1-3H3. The van der Waals surface area contributed by atoms with Gasteiger partial charge in [0.15, 0.2) is 5.78 Å². The van der Waals surface area contributed by atoms with Crippen LogP contribution in [0.3, 0.4) is 0 Å². The molecular weight excluding hydrogens is 324 g/mol. The van der Waals surface area contributed by atoms with Crippen LogP contribution in [0.2, 0.25) is 0 Å². The molecule has 0 bridgehead atoms. The maximum Gasteiger partial charge on any atom is 0.253 e. The van der Waals surface area contributed by atoms with E-state index in [0.717, 1.165) is 35.3 Å². The van der Waals surface area contributed by atoms with Crippen molar-refractivity contribution in [1.29, 1.82) is 0 Å². The van der Waals surface area contributed by atoms with Gasteiger partial charge in [-0.15, -0.1) is 0 Å². The van der Waals surface area contributed by atoms with Gasteiger partial charge in [0.25, 0.3) is 5.91 Å². The minimum Gasteiger partial charge on any atom is -0.336 e. The van der Waals surface area contributed by atoms with Gasteiger partial charge in [-0.2, -0.15) is 0 Å². The van der Waals surface area contributed by atoms with E-state index in [1.165, 1.54) is 5.56 Å². The number of ketones is 1. The van der Waals surface area contributed by atoms with E-state index < -0.39 is 0 Å². The van der Waals surface area contributed by atoms with Crippen molar-refractivity contribution in [1.82, 2.24) is 9.80 Å². The number of hydrogen-bond acceptors (Lipinski definition) is 3. The Labute approximate surface area is 155 Å². The molecule has 0 spiro atoms. The Balaban J connectivity index is 1.55. The summed E-state index contributed by atoms with van der Waals surface area (Å²) in [7, 11) is 0. The first-order chi connectivity index (χ1) is 12.4. The SMILES string of the molecule is Cc1cccc(C(=O)N2CCN(CC(=O)c3ccc(C)c(C)c3)CC2)c1. The number of benzene rings is 2. The van der Waals surface area contributed by atoms with E-state index in [1.807, 2.05) is 68.1 Å². The van der Waals surface area contributed by atoms with Crippen molar-refractivity contribution >= 4 is 11.7 Å². The van der Waals surface area contributed by atoms with Crippen LogP contribution in [0.5, 0.6) is 0 Å². The molecule has 0 aromatic heterocycles. The van der Waals surface area contributed by atoms with E-state index in [2.05, 4.69) is 4.90 Å². The van der Waals surface area contributed by atoms with Crippen LogP contribution in [0, 0.1) is 20.8 Å². The lowest BCUT2D eigenvalue weighted by atomic mass is 10.0. The van der Waals surface area contributed by atoms with Gasteiger partial charge in [0.05, 0.1) is 6.54 Å². The van der Waals surface area contributed by atoms with Gasteiger partial charge in [0, 0.05) is 37.3 Å². The second-order valence-corrected chi connectivity index (χ2v) is 7.16. The fourth-order valence-electron chi connectivity index (χ4n) is 3.28. The van der Waals surface area contributed by atoms with Crippen LogP contribution < -0.4 is 0 Å². The predicted octanol–water partition coefficient (Wildman–Crippen LogP) is 3.25. The summed E-state index contributed by atoms with van der Waals surface area (Å²) in [6.45, 7) is 9.26. The van der Waals surface area contributed by atoms with Crippen molar-refractivity contribution in [3.8, 4) is 0 Å². The van der Waals surface area contributed by atoms with E-state index >= 15 is 0 Å². The zero-order chi connectivity index (χ0) is 18.7. The number of nitrogens with zero attached hydrogens (tertiary/aromatic N) is 2. The van der Waals surface area contributed by atoms with E-state index in [0.29, 0.717) is 19.6 Å². The molecule has 1 amide bonds. The molecule has 1 aliphatic rings. The third kappa shape index (κ3) is 4.20. The smallest absolute Gasteiger partial charge is 0.253 e. The van der Waals surface area contributed by atoms with Crippen molar-refractivity contribution < 1.29 is 9.59 Å². The molecule has 1 heterocycles. The van der Waals surface area contributed by atoms with Crippen LogP contribution in [0.15, 0.2) is 42.5 Å². The number of Topliss-reactive ketones (excluding diaryl/α,β-unsaturated/α-hetero) is 1. The summed E-state index contributed by atoms with van der Waals surface area (Å²) >= 11 is 0. The van der Waals surface area contributed by atoms with Gasteiger partial charge < -0.3 is 4.90 Å². The van der Waals surface area contributed by atoms with Crippen molar-refractivity contribution in [2.75, 3.05) is 32.7 Å². The molecule has 4 nitrogen and oxygen atoms in total. The lowest BCUT2D eigenvalue weighted by Crippen LogP contribution is -2.49. The number of hydrogen-bond donors (Lipinski definition) is 0. The van der Waals surface area contributed by atoms with Crippen molar-refractivity contribution in [2.24, 2.45) is 0 Å². The highest BCUT2D eigenvalue weighted by Gasteiger charge is 2.23. The Bertz CT molecular complexity index is 821. The van der Waals surface area contributed by atoms with Gasteiger partial charge in [-0.05, 0) is 50.1 Å². The van der Waals surface area contributed by atoms with Gasteiger partial charge in [-0.25, -0.2) is 0 Å². The highest BCUT2D eigenvalue weighted by Crippen LogP contribution is 2.13. The van der Waals surface area contributed by atoms with Crippen LogP contribution in [0.4, 0.5) is 0 Å². The quantitative estimate of drug-likeness (QED) is 0.795. The largest absolute Gasteiger partial charge is 0.336 e.